The number of carbonyl (C=O) groups excluding carboxylic acids is 3. The lowest BCUT2D eigenvalue weighted by molar-refractivity contribution is -0.144. The van der Waals surface area contributed by atoms with E-state index in [2.05, 4.69) is 5.32 Å². The number of hydrogen-bond donors (Lipinski definition) is 1. The molecule has 0 aliphatic carbocycles. The van der Waals surface area contributed by atoms with Gasteiger partial charge in [-0.1, -0.05) is 27.6 Å². The molecule has 6 nitrogen and oxygen atoms in total. The van der Waals surface area contributed by atoms with Gasteiger partial charge in [0.1, 0.15) is 0 Å². The zero-order valence-corrected chi connectivity index (χ0v) is 14.7. The van der Waals surface area contributed by atoms with Crippen molar-refractivity contribution < 1.29 is 32.1 Å². The van der Waals surface area contributed by atoms with Crippen molar-refractivity contribution in [3.8, 4) is 0 Å². The van der Waals surface area contributed by atoms with Gasteiger partial charge in [0.2, 0.25) is 5.91 Å². The van der Waals surface area contributed by atoms with Gasteiger partial charge in [-0.3, -0.25) is 9.59 Å². The number of carbonyl (C=O) groups is 3. The number of epoxide rings is 1. The summed E-state index contributed by atoms with van der Waals surface area (Å²) in [6.07, 6.45) is -5.26. The molecule has 1 aliphatic heterocycles. The average Bonchev–Trinajstić information content (AvgIpc) is 3.38. The van der Waals surface area contributed by atoms with Gasteiger partial charge in [0.25, 0.3) is 0 Å². The van der Waals surface area contributed by atoms with Gasteiger partial charge in [-0.2, -0.15) is 0 Å². The number of hydrogen-bond acceptors (Lipinski definition) is 5. The fourth-order valence-electron chi connectivity index (χ4n) is 2.16. The Bertz CT molecular complexity index is 649. The van der Waals surface area contributed by atoms with Gasteiger partial charge in [-0.25, -0.2) is 4.79 Å². The third-order valence-corrected chi connectivity index (χ3v) is 3.46. The Labute approximate surface area is 153 Å². The summed E-state index contributed by atoms with van der Waals surface area (Å²) in [6, 6.07) is 0. The summed E-state index contributed by atoms with van der Waals surface area (Å²) in [7, 11) is 0. The SMILES string of the molecule is [2H]C([2H])([2H])C([2H])(C)C([2H])([2H])[C@H](CC(=O)[C@H]1O[C@@H]1C(=O)OCC)C(=O)NCCC(C)C. The van der Waals surface area contributed by atoms with Crippen LogP contribution in [0.15, 0.2) is 0 Å². The van der Waals surface area contributed by atoms with Gasteiger partial charge in [0.15, 0.2) is 18.0 Å². The number of ether oxygens (including phenoxy) is 2. The van der Waals surface area contributed by atoms with Crippen molar-refractivity contribution in [1.29, 1.82) is 0 Å². The molecular formula is C18H31NO5. The molecule has 24 heavy (non-hydrogen) atoms. The van der Waals surface area contributed by atoms with Crippen LogP contribution in [-0.4, -0.2) is 43.0 Å². The summed E-state index contributed by atoms with van der Waals surface area (Å²) < 4.78 is 57.2. The summed E-state index contributed by atoms with van der Waals surface area (Å²) in [5, 5.41) is 2.53. The van der Waals surface area contributed by atoms with Crippen molar-refractivity contribution in [3.05, 3.63) is 0 Å². The minimum absolute atomic E-state index is 0.0960. The van der Waals surface area contributed by atoms with Crippen molar-refractivity contribution >= 4 is 17.7 Å². The zero-order valence-electron chi connectivity index (χ0n) is 20.7. The molecule has 1 aliphatic rings. The Morgan fingerprint density at radius 2 is 2.04 bits per heavy atom. The standard InChI is InChI=1S/C18H31NO5/c1-6-23-18(22)16-15(24-16)14(20)10-13(9-12(4)5)17(21)19-8-7-11(2)3/h11-13,15-16H,6-10H2,1-5H3,(H,19,21)/t13-,15-,16+/m1/s1/i4D3,9D2,12D/t12?,13-,15-,16+. The lowest BCUT2D eigenvalue weighted by Crippen LogP contribution is -2.35. The van der Waals surface area contributed by atoms with Crippen LogP contribution in [0.1, 0.15) is 62.0 Å². The first-order chi connectivity index (χ1) is 13.6. The fourth-order valence-corrected chi connectivity index (χ4v) is 2.16. The Hall–Kier alpha value is -1.43. The molecule has 0 spiro atoms. The molecule has 1 amide bonds. The molecule has 0 aromatic heterocycles. The molecule has 1 fully saturated rings. The summed E-state index contributed by atoms with van der Waals surface area (Å²) in [5.41, 5.74) is 0. The molecule has 0 saturated carbocycles. The molecule has 0 bridgehead atoms. The molecule has 0 aromatic rings. The van der Waals surface area contributed by atoms with Crippen LogP contribution in [0.2, 0.25) is 0 Å². The van der Waals surface area contributed by atoms with E-state index in [1.54, 1.807) is 6.92 Å². The minimum atomic E-state index is -3.04. The molecule has 4 atom stereocenters. The largest absolute Gasteiger partial charge is 0.464 e. The second kappa shape index (κ2) is 9.77. The number of ketones is 1. The van der Waals surface area contributed by atoms with Crippen LogP contribution in [0.4, 0.5) is 0 Å². The second-order valence-electron chi connectivity index (χ2n) is 6.20. The number of rotatable bonds is 11. The van der Waals surface area contributed by atoms with Gasteiger partial charge in [0.05, 0.1) is 6.61 Å². The predicted octanol–water partition coefficient (Wildman–Crippen LogP) is 2.10. The first-order valence-corrected chi connectivity index (χ1v) is 8.20. The number of esters is 1. The summed E-state index contributed by atoms with van der Waals surface area (Å²) in [6.45, 7) is 3.61. The Kier molecular flexibility index (Phi) is 5.24. The van der Waals surface area contributed by atoms with E-state index in [0.717, 1.165) is 6.92 Å². The zero-order chi connectivity index (χ0) is 23.5. The van der Waals surface area contributed by atoms with Crippen LogP contribution in [0, 0.1) is 17.7 Å². The first-order valence-electron chi connectivity index (χ1n) is 11.2. The number of Topliss-reactive ketones (excluding diaryl/α,β-unsaturated/α-hetero) is 1. The molecular weight excluding hydrogens is 310 g/mol. The number of nitrogens with one attached hydrogen (secondary N) is 1. The summed E-state index contributed by atoms with van der Waals surface area (Å²) >= 11 is 0. The highest BCUT2D eigenvalue weighted by atomic mass is 16.6. The van der Waals surface area contributed by atoms with Gasteiger partial charge in [-0.15, -0.1) is 0 Å². The van der Waals surface area contributed by atoms with E-state index in [9.17, 15) is 14.4 Å². The van der Waals surface area contributed by atoms with Crippen LogP contribution in [0.25, 0.3) is 0 Å². The highest BCUT2D eigenvalue weighted by Gasteiger charge is 2.51. The average molecular weight is 347 g/mol. The molecule has 1 heterocycles. The molecule has 1 N–H and O–H groups in total. The van der Waals surface area contributed by atoms with E-state index in [-0.39, 0.29) is 19.1 Å². The Morgan fingerprint density at radius 1 is 1.33 bits per heavy atom. The topological polar surface area (TPSA) is 85.0 Å². The Balaban J connectivity index is 3.05. The van der Waals surface area contributed by atoms with E-state index in [4.69, 9.17) is 17.7 Å². The normalized spacial score (nSPS) is 28.0. The highest BCUT2D eigenvalue weighted by molar-refractivity contribution is 5.96. The quantitative estimate of drug-likeness (QED) is 0.457. The molecule has 0 aromatic carbocycles. The maximum atomic E-state index is 12.7. The molecule has 1 unspecified atom stereocenters. The molecule has 1 saturated heterocycles. The van der Waals surface area contributed by atoms with Gasteiger partial charge in [-0.05, 0) is 31.5 Å². The minimum Gasteiger partial charge on any atom is -0.464 e. The monoisotopic (exact) mass is 347 g/mol. The lowest BCUT2D eigenvalue weighted by atomic mass is 9.90. The number of amides is 1. The van der Waals surface area contributed by atoms with Gasteiger partial charge >= 0.3 is 5.97 Å². The van der Waals surface area contributed by atoms with E-state index in [1.165, 1.54) is 0 Å². The van der Waals surface area contributed by atoms with E-state index in [0.29, 0.717) is 6.42 Å². The lowest BCUT2D eigenvalue weighted by Gasteiger charge is -2.18. The first kappa shape index (κ1) is 12.9. The third-order valence-electron chi connectivity index (χ3n) is 3.46. The van der Waals surface area contributed by atoms with Crippen molar-refractivity contribution in [2.45, 2.75) is 66.0 Å². The fraction of sp³-hybridized carbons (Fsp3) is 0.833. The van der Waals surface area contributed by atoms with E-state index in [1.807, 2.05) is 13.8 Å². The van der Waals surface area contributed by atoms with Crippen LogP contribution in [0.3, 0.4) is 0 Å². The van der Waals surface area contributed by atoms with E-state index >= 15 is 0 Å². The maximum absolute atomic E-state index is 12.7. The second-order valence-corrected chi connectivity index (χ2v) is 6.20. The van der Waals surface area contributed by atoms with Crippen LogP contribution in [-0.2, 0) is 23.9 Å². The van der Waals surface area contributed by atoms with Crippen LogP contribution >= 0.6 is 0 Å². The predicted molar refractivity (Wildman–Crippen MR) is 90.3 cm³/mol. The van der Waals surface area contributed by atoms with Crippen molar-refractivity contribution in [2.24, 2.45) is 17.7 Å². The smallest absolute Gasteiger partial charge is 0.338 e. The van der Waals surface area contributed by atoms with Crippen LogP contribution in [0.5, 0.6) is 0 Å². The molecule has 0 radical (unpaired) electrons. The molecule has 138 valence electrons. The third kappa shape index (κ3) is 6.99. The van der Waals surface area contributed by atoms with Crippen molar-refractivity contribution in [1.82, 2.24) is 5.32 Å². The maximum Gasteiger partial charge on any atom is 0.338 e. The molecule has 6 heteroatoms. The van der Waals surface area contributed by atoms with Gasteiger partial charge < -0.3 is 14.8 Å². The Morgan fingerprint density at radius 3 is 2.62 bits per heavy atom. The summed E-state index contributed by atoms with van der Waals surface area (Å²) in [4.78, 5) is 37.0. The van der Waals surface area contributed by atoms with Crippen molar-refractivity contribution in [2.75, 3.05) is 13.2 Å². The van der Waals surface area contributed by atoms with Crippen LogP contribution < -0.4 is 5.32 Å². The summed E-state index contributed by atoms with van der Waals surface area (Å²) in [5.74, 6) is -6.45. The highest BCUT2D eigenvalue weighted by Crippen LogP contribution is 2.28. The molecule has 1 rings (SSSR count). The van der Waals surface area contributed by atoms with Crippen molar-refractivity contribution in [3.63, 3.8) is 0 Å². The van der Waals surface area contributed by atoms with E-state index < -0.39 is 61.3 Å². The van der Waals surface area contributed by atoms with Gasteiger partial charge in [0, 0.05) is 27.1 Å².